The maximum Gasteiger partial charge on any atom is 0.344 e. The molecule has 192 valence electrons. The zero-order valence-electron chi connectivity index (χ0n) is 20.8. The summed E-state index contributed by atoms with van der Waals surface area (Å²) in [6.45, 7) is 9.62. The van der Waals surface area contributed by atoms with Crippen LogP contribution in [0, 0.1) is 23.7 Å². The molecule has 4 fully saturated rings. The van der Waals surface area contributed by atoms with Gasteiger partial charge in [0.15, 0.2) is 0 Å². The molecular formula is C26H33ClN6O3. The van der Waals surface area contributed by atoms with Gasteiger partial charge >= 0.3 is 6.03 Å². The van der Waals surface area contributed by atoms with Crippen molar-refractivity contribution in [1.82, 2.24) is 19.6 Å². The van der Waals surface area contributed by atoms with Crippen LogP contribution in [0.1, 0.15) is 12.5 Å². The van der Waals surface area contributed by atoms with Crippen molar-refractivity contribution in [1.29, 1.82) is 0 Å². The molecule has 1 aromatic heterocycles. The van der Waals surface area contributed by atoms with Gasteiger partial charge in [0.2, 0.25) is 5.91 Å². The molecule has 9 nitrogen and oxygen atoms in total. The molecule has 0 bridgehead atoms. The average molecular weight is 513 g/mol. The Morgan fingerprint density at radius 1 is 1.03 bits per heavy atom. The smallest absolute Gasteiger partial charge is 0.344 e. The molecule has 2 amide bonds. The molecule has 6 rings (SSSR count). The van der Waals surface area contributed by atoms with Gasteiger partial charge in [0.05, 0.1) is 31.3 Å². The van der Waals surface area contributed by atoms with Crippen LogP contribution in [-0.2, 0) is 16.1 Å². The van der Waals surface area contributed by atoms with Crippen LogP contribution in [0.25, 0.3) is 0 Å². The number of amides is 2. The van der Waals surface area contributed by atoms with E-state index in [1.54, 1.807) is 19.4 Å². The Bertz CT molecular complexity index is 1140. The lowest BCUT2D eigenvalue weighted by Gasteiger charge is -2.24. The normalized spacial score (nSPS) is 27.5. The highest BCUT2D eigenvalue weighted by Crippen LogP contribution is 2.36. The average Bonchev–Trinajstić information content (AvgIpc) is 3.63. The number of nitrogens with zero attached hydrogens (tertiary/aromatic N) is 6. The molecule has 0 radical (unpaired) electrons. The standard InChI is InChI=1S/C26H33ClN6O3/c1-17(34)29(2)25-6-28-33(14-25)26(35)32-10-19-8-30(9-20(19)11-32)7-18-3-23(27)5-24(4-18)31-12-21-15-36-16-22(21)13-31/h3-6,14,19-22H,7-13,15-16H2,1-2H3. The number of carbonyl (C=O) groups excluding carboxylic acids is 2. The fraction of sp³-hybridized carbons (Fsp3) is 0.577. The van der Waals surface area contributed by atoms with E-state index in [0.29, 0.717) is 29.4 Å². The first kappa shape index (κ1) is 23.8. The molecule has 1 aromatic carbocycles. The molecule has 0 spiro atoms. The lowest BCUT2D eigenvalue weighted by Crippen LogP contribution is -2.36. The van der Waals surface area contributed by atoms with Crippen molar-refractivity contribution in [2.75, 3.05) is 69.3 Å². The maximum absolute atomic E-state index is 13.0. The Balaban J connectivity index is 1.05. The van der Waals surface area contributed by atoms with E-state index in [1.807, 2.05) is 4.90 Å². The van der Waals surface area contributed by atoms with Crippen LogP contribution in [0.4, 0.5) is 16.2 Å². The molecule has 4 unspecified atom stereocenters. The summed E-state index contributed by atoms with van der Waals surface area (Å²) in [5.41, 5.74) is 3.09. The third kappa shape index (κ3) is 4.48. The first-order valence-electron chi connectivity index (χ1n) is 12.8. The summed E-state index contributed by atoms with van der Waals surface area (Å²) < 4.78 is 6.98. The molecule has 0 saturated carbocycles. The van der Waals surface area contributed by atoms with Gasteiger partial charge in [-0.25, -0.2) is 4.79 Å². The van der Waals surface area contributed by atoms with Crippen molar-refractivity contribution in [3.63, 3.8) is 0 Å². The highest BCUT2D eigenvalue weighted by Gasteiger charge is 2.42. The minimum atomic E-state index is -0.126. The predicted molar refractivity (Wildman–Crippen MR) is 137 cm³/mol. The molecule has 4 saturated heterocycles. The number of likely N-dealkylation sites (tertiary alicyclic amines) is 2. The summed E-state index contributed by atoms with van der Waals surface area (Å²) in [4.78, 5) is 32.9. The van der Waals surface area contributed by atoms with Crippen molar-refractivity contribution < 1.29 is 14.3 Å². The second-order valence-corrected chi connectivity index (χ2v) is 11.3. The fourth-order valence-corrected chi connectivity index (χ4v) is 6.61. The number of halogens is 1. The van der Waals surface area contributed by atoms with E-state index in [1.165, 1.54) is 27.8 Å². The van der Waals surface area contributed by atoms with Crippen molar-refractivity contribution >= 4 is 34.9 Å². The maximum atomic E-state index is 13.0. The van der Waals surface area contributed by atoms with Crippen molar-refractivity contribution in [3.8, 4) is 0 Å². The van der Waals surface area contributed by atoms with E-state index in [2.05, 4.69) is 33.1 Å². The van der Waals surface area contributed by atoms with Gasteiger partial charge in [0.1, 0.15) is 0 Å². The molecule has 36 heavy (non-hydrogen) atoms. The molecule has 0 N–H and O–H groups in total. The van der Waals surface area contributed by atoms with Crippen LogP contribution < -0.4 is 9.80 Å². The number of anilines is 2. The molecule has 5 heterocycles. The van der Waals surface area contributed by atoms with E-state index in [0.717, 1.165) is 64.0 Å². The van der Waals surface area contributed by atoms with Crippen molar-refractivity contribution in [3.05, 3.63) is 41.2 Å². The van der Waals surface area contributed by atoms with E-state index < -0.39 is 0 Å². The molecular weight excluding hydrogens is 480 g/mol. The second-order valence-electron chi connectivity index (χ2n) is 10.9. The minimum absolute atomic E-state index is 0.0952. The molecule has 10 heteroatoms. The molecule has 2 aromatic rings. The van der Waals surface area contributed by atoms with Crippen molar-refractivity contribution in [2.45, 2.75) is 13.5 Å². The summed E-state index contributed by atoms with van der Waals surface area (Å²) in [6.07, 6.45) is 3.18. The van der Waals surface area contributed by atoms with E-state index in [9.17, 15) is 9.59 Å². The Labute approximate surface area is 216 Å². The van der Waals surface area contributed by atoms with Crippen LogP contribution in [0.2, 0.25) is 5.02 Å². The van der Waals surface area contributed by atoms with Gasteiger partial charge in [-0.15, -0.1) is 0 Å². The number of fused-ring (bicyclic) bond motifs is 2. The zero-order valence-corrected chi connectivity index (χ0v) is 21.6. The highest BCUT2D eigenvalue weighted by molar-refractivity contribution is 6.30. The van der Waals surface area contributed by atoms with E-state index in [4.69, 9.17) is 16.3 Å². The zero-order chi connectivity index (χ0) is 25.0. The number of aromatic nitrogens is 2. The molecule has 4 aliphatic heterocycles. The Hall–Kier alpha value is -2.62. The second kappa shape index (κ2) is 9.36. The first-order valence-corrected chi connectivity index (χ1v) is 13.1. The number of hydrogen-bond donors (Lipinski definition) is 0. The Kier molecular flexibility index (Phi) is 6.17. The van der Waals surface area contributed by atoms with Crippen LogP contribution in [-0.4, -0.2) is 91.0 Å². The number of hydrogen-bond acceptors (Lipinski definition) is 6. The quantitative estimate of drug-likeness (QED) is 0.627. The monoisotopic (exact) mass is 512 g/mol. The van der Waals surface area contributed by atoms with Crippen LogP contribution >= 0.6 is 11.6 Å². The third-order valence-electron chi connectivity index (χ3n) is 8.41. The van der Waals surface area contributed by atoms with Gasteiger partial charge in [-0.1, -0.05) is 11.6 Å². The lowest BCUT2D eigenvalue weighted by atomic mass is 10.0. The molecule has 4 atom stereocenters. The van der Waals surface area contributed by atoms with Crippen LogP contribution in [0.15, 0.2) is 30.6 Å². The van der Waals surface area contributed by atoms with Gasteiger partial charge in [-0.2, -0.15) is 9.78 Å². The first-order chi connectivity index (χ1) is 17.3. The number of rotatable bonds is 4. The number of benzene rings is 1. The molecule has 0 aliphatic carbocycles. The predicted octanol–water partition coefficient (Wildman–Crippen LogP) is 2.63. The highest BCUT2D eigenvalue weighted by atomic mass is 35.5. The van der Waals surface area contributed by atoms with E-state index >= 15 is 0 Å². The summed E-state index contributed by atoms with van der Waals surface area (Å²) in [7, 11) is 1.68. The van der Waals surface area contributed by atoms with Crippen LogP contribution in [0.3, 0.4) is 0 Å². The van der Waals surface area contributed by atoms with Gasteiger partial charge < -0.3 is 19.4 Å². The summed E-state index contributed by atoms with van der Waals surface area (Å²) >= 11 is 6.54. The van der Waals surface area contributed by atoms with Crippen LogP contribution in [0.5, 0.6) is 0 Å². The SMILES string of the molecule is CC(=O)N(C)c1cnn(C(=O)N2CC3CN(Cc4cc(Cl)cc(N5CC6COCC6C5)c4)CC3C2)c1. The number of carbonyl (C=O) groups is 2. The summed E-state index contributed by atoms with van der Waals surface area (Å²) in [6, 6.07) is 6.34. The van der Waals surface area contributed by atoms with Gasteiger partial charge in [-0.05, 0) is 35.6 Å². The van der Waals surface area contributed by atoms with Gasteiger partial charge in [-0.3, -0.25) is 9.69 Å². The Morgan fingerprint density at radius 3 is 2.39 bits per heavy atom. The number of ether oxygens (including phenoxy) is 1. The summed E-state index contributed by atoms with van der Waals surface area (Å²) in [5.74, 6) is 2.10. The third-order valence-corrected chi connectivity index (χ3v) is 8.63. The van der Waals surface area contributed by atoms with Gasteiger partial charge in [0.25, 0.3) is 0 Å². The van der Waals surface area contributed by atoms with Crippen molar-refractivity contribution in [2.24, 2.45) is 23.7 Å². The summed E-state index contributed by atoms with van der Waals surface area (Å²) in [5, 5.41) is 4.99. The lowest BCUT2D eigenvalue weighted by molar-refractivity contribution is -0.116. The van der Waals surface area contributed by atoms with E-state index in [-0.39, 0.29) is 11.9 Å². The minimum Gasteiger partial charge on any atom is -0.381 e. The van der Waals surface area contributed by atoms with Gasteiger partial charge in [0, 0.05) is 82.3 Å². The Morgan fingerprint density at radius 2 is 1.72 bits per heavy atom. The largest absolute Gasteiger partial charge is 0.381 e. The topological polar surface area (TPSA) is 74.2 Å². The molecule has 4 aliphatic rings. The fourth-order valence-electron chi connectivity index (χ4n) is 6.36.